The highest BCUT2D eigenvalue weighted by Crippen LogP contribution is 2.20. The molecule has 2 aliphatic heterocycles. The van der Waals surface area contributed by atoms with E-state index >= 15 is 0 Å². The number of likely N-dealkylation sites (tertiary alicyclic amines) is 1. The third-order valence-electron chi connectivity index (χ3n) is 3.80. The molecule has 1 amide bonds. The highest BCUT2D eigenvalue weighted by atomic mass is 16.5. The lowest BCUT2D eigenvalue weighted by molar-refractivity contribution is -0.150. The molecule has 2 aliphatic rings. The van der Waals surface area contributed by atoms with Crippen LogP contribution in [0, 0.1) is 0 Å². The molecule has 3 atom stereocenters. The van der Waals surface area contributed by atoms with Crippen molar-refractivity contribution in [1.29, 1.82) is 0 Å². The summed E-state index contributed by atoms with van der Waals surface area (Å²) in [6.07, 6.45) is 1.82. The first kappa shape index (κ1) is 12.8. The molecule has 1 N–H and O–H groups in total. The van der Waals surface area contributed by atoms with Crippen molar-refractivity contribution in [3.05, 3.63) is 0 Å². The molecular formula is C12H22N2O3. The van der Waals surface area contributed by atoms with E-state index in [1.807, 2.05) is 18.9 Å². The number of hydrogen-bond acceptors (Lipinski definition) is 4. The summed E-state index contributed by atoms with van der Waals surface area (Å²) in [6, 6.07) is 0.134. The zero-order valence-corrected chi connectivity index (χ0v) is 10.6. The van der Waals surface area contributed by atoms with E-state index in [-0.39, 0.29) is 30.7 Å². The van der Waals surface area contributed by atoms with Crippen LogP contribution in [0.5, 0.6) is 0 Å². The number of ether oxygens (including phenoxy) is 1. The van der Waals surface area contributed by atoms with Crippen molar-refractivity contribution in [3.8, 4) is 0 Å². The second-order valence-corrected chi connectivity index (χ2v) is 5.12. The molecule has 5 nitrogen and oxygen atoms in total. The van der Waals surface area contributed by atoms with E-state index in [0.29, 0.717) is 13.2 Å². The molecule has 2 heterocycles. The molecule has 0 saturated carbocycles. The van der Waals surface area contributed by atoms with Crippen LogP contribution in [0.2, 0.25) is 0 Å². The topological polar surface area (TPSA) is 53.0 Å². The molecule has 0 spiro atoms. The number of carbonyl (C=O) groups excluding carboxylic acids is 1. The van der Waals surface area contributed by atoms with Gasteiger partial charge in [0, 0.05) is 6.54 Å². The van der Waals surface area contributed by atoms with E-state index in [1.165, 1.54) is 0 Å². The van der Waals surface area contributed by atoms with E-state index < -0.39 is 0 Å². The molecule has 0 bridgehead atoms. The first-order valence-electron chi connectivity index (χ1n) is 6.36. The summed E-state index contributed by atoms with van der Waals surface area (Å²) in [7, 11) is 2.00. The van der Waals surface area contributed by atoms with Gasteiger partial charge in [0.25, 0.3) is 0 Å². The van der Waals surface area contributed by atoms with Gasteiger partial charge in [0.2, 0.25) is 5.91 Å². The molecule has 0 aromatic heterocycles. The maximum atomic E-state index is 12.4. The third kappa shape index (κ3) is 2.61. The minimum Gasteiger partial charge on any atom is -0.394 e. The van der Waals surface area contributed by atoms with Crippen molar-refractivity contribution in [1.82, 2.24) is 9.80 Å². The number of nitrogens with zero attached hydrogens (tertiary/aromatic N) is 2. The Hall–Kier alpha value is -0.650. The number of rotatable bonds is 2. The highest BCUT2D eigenvalue weighted by Gasteiger charge is 2.36. The molecule has 0 aromatic carbocycles. The fraction of sp³-hybridized carbons (Fsp3) is 0.917. The second-order valence-electron chi connectivity index (χ2n) is 5.12. The quantitative estimate of drug-likeness (QED) is 0.721. The zero-order chi connectivity index (χ0) is 12.4. The van der Waals surface area contributed by atoms with Gasteiger partial charge >= 0.3 is 0 Å². The highest BCUT2D eigenvalue weighted by molar-refractivity contribution is 5.82. The van der Waals surface area contributed by atoms with Crippen molar-refractivity contribution in [3.63, 3.8) is 0 Å². The van der Waals surface area contributed by atoms with Gasteiger partial charge in [-0.3, -0.25) is 9.69 Å². The molecule has 2 saturated heterocycles. The molecule has 2 rings (SSSR count). The van der Waals surface area contributed by atoms with E-state index in [4.69, 9.17) is 9.84 Å². The van der Waals surface area contributed by atoms with Gasteiger partial charge in [-0.25, -0.2) is 0 Å². The van der Waals surface area contributed by atoms with Crippen molar-refractivity contribution in [2.75, 3.05) is 33.4 Å². The lowest BCUT2D eigenvalue weighted by Crippen LogP contribution is -2.56. The molecule has 2 fully saturated rings. The predicted molar refractivity (Wildman–Crippen MR) is 63.7 cm³/mol. The number of amides is 1. The first-order chi connectivity index (χ1) is 8.13. The van der Waals surface area contributed by atoms with Gasteiger partial charge in [-0.05, 0) is 33.4 Å². The molecular weight excluding hydrogens is 220 g/mol. The lowest BCUT2D eigenvalue weighted by Gasteiger charge is -2.39. The number of carbonyl (C=O) groups is 1. The van der Waals surface area contributed by atoms with E-state index in [2.05, 4.69) is 4.90 Å². The lowest BCUT2D eigenvalue weighted by atomic mass is 10.1. The predicted octanol–water partition coefficient (Wildman–Crippen LogP) is -0.311. The number of likely N-dealkylation sites (N-methyl/N-ethyl adjacent to an activating group) is 1. The molecule has 98 valence electrons. The minimum absolute atomic E-state index is 0.0169. The fourth-order valence-corrected chi connectivity index (χ4v) is 2.65. The van der Waals surface area contributed by atoms with Crippen molar-refractivity contribution in [2.45, 2.75) is 38.0 Å². The van der Waals surface area contributed by atoms with Crippen LogP contribution in [0.3, 0.4) is 0 Å². The third-order valence-corrected chi connectivity index (χ3v) is 3.80. The van der Waals surface area contributed by atoms with Crippen LogP contribution in [-0.2, 0) is 9.53 Å². The van der Waals surface area contributed by atoms with Gasteiger partial charge in [-0.2, -0.15) is 0 Å². The maximum absolute atomic E-state index is 12.4. The SMILES string of the molecule is CC1COC(CO)CN1C(=O)C1CCCN1C. The van der Waals surface area contributed by atoms with Gasteiger partial charge in [-0.1, -0.05) is 0 Å². The van der Waals surface area contributed by atoms with Crippen LogP contribution in [0.25, 0.3) is 0 Å². The number of aliphatic hydroxyl groups excluding tert-OH is 1. The Kier molecular flexibility index (Phi) is 4.01. The summed E-state index contributed by atoms with van der Waals surface area (Å²) < 4.78 is 5.45. The standard InChI is InChI=1S/C12H22N2O3/c1-9-8-17-10(7-15)6-14(9)12(16)11-4-3-5-13(11)2/h9-11,15H,3-8H2,1-2H3. The van der Waals surface area contributed by atoms with Gasteiger partial charge in [0.1, 0.15) is 0 Å². The Bertz CT molecular complexity index is 285. The first-order valence-corrected chi connectivity index (χ1v) is 6.36. The van der Waals surface area contributed by atoms with E-state index in [1.54, 1.807) is 0 Å². The molecule has 5 heteroatoms. The maximum Gasteiger partial charge on any atom is 0.240 e. The smallest absolute Gasteiger partial charge is 0.240 e. The number of hydrogen-bond donors (Lipinski definition) is 1. The van der Waals surface area contributed by atoms with Gasteiger partial charge in [0.15, 0.2) is 0 Å². The van der Waals surface area contributed by atoms with Gasteiger partial charge in [-0.15, -0.1) is 0 Å². The Balaban J connectivity index is 2.01. The van der Waals surface area contributed by atoms with Crippen LogP contribution < -0.4 is 0 Å². The number of aliphatic hydroxyl groups is 1. The van der Waals surface area contributed by atoms with Crippen LogP contribution in [0.15, 0.2) is 0 Å². The summed E-state index contributed by atoms with van der Waals surface area (Å²) in [5, 5.41) is 9.12. The van der Waals surface area contributed by atoms with Crippen molar-refractivity contribution >= 4 is 5.91 Å². The summed E-state index contributed by atoms with van der Waals surface area (Å²) in [6.45, 7) is 4.02. The summed E-state index contributed by atoms with van der Waals surface area (Å²) >= 11 is 0. The van der Waals surface area contributed by atoms with Crippen LogP contribution in [0.4, 0.5) is 0 Å². The fourth-order valence-electron chi connectivity index (χ4n) is 2.65. The summed E-state index contributed by atoms with van der Waals surface area (Å²) in [5.74, 6) is 0.194. The van der Waals surface area contributed by atoms with E-state index in [9.17, 15) is 4.79 Å². The van der Waals surface area contributed by atoms with Crippen LogP contribution in [0.1, 0.15) is 19.8 Å². The minimum atomic E-state index is -0.221. The Morgan fingerprint density at radius 3 is 2.88 bits per heavy atom. The molecule has 17 heavy (non-hydrogen) atoms. The average molecular weight is 242 g/mol. The molecule has 0 radical (unpaired) electrons. The Morgan fingerprint density at radius 2 is 2.29 bits per heavy atom. The monoisotopic (exact) mass is 242 g/mol. The van der Waals surface area contributed by atoms with Gasteiger partial charge < -0.3 is 14.7 Å². The number of morpholine rings is 1. The summed E-state index contributed by atoms with van der Waals surface area (Å²) in [5.41, 5.74) is 0. The van der Waals surface area contributed by atoms with Crippen LogP contribution in [-0.4, -0.2) is 72.4 Å². The Labute approximate surface area is 102 Å². The van der Waals surface area contributed by atoms with E-state index in [0.717, 1.165) is 19.4 Å². The van der Waals surface area contributed by atoms with Crippen LogP contribution >= 0.6 is 0 Å². The second kappa shape index (κ2) is 5.33. The average Bonchev–Trinajstić information content (AvgIpc) is 2.75. The molecule has 0 aliphatic carbocycles. The normalized spacial score (nSPS) is 35.2. The molecule has 0 aromatic rings. The van der Waals surface area contributed by atoms with Crippen molar-refractivity contribution < 1.29 is 14.6 Å². The molecule has 3 unspecified atom stereocenters. The summed E-state index contributed by atoms with van der Waals surface area (Å²) in [4.78, 5) is 16.4. The van der Waals surface area contributed by atoms with Gasteiger partial charge in [0.05, 0.1) is 31.4 Å². The largest absolute Gasteiger partial charge is 0.394 e. The Morgan fingerprint density at radius 1 is 1.53 bits per heavy atom. The zero-order valence-electron chi connectivity index (χ0n) is 10.6. The van der Waals surface area contributed by atoms with Crippen molar-refractivity contribution in [2.24, 2.45) is 0 Å².